The number of rotatable bonds is 3. The van der Waals surface area contributed by atoms with Gasteiger partial charge in [0.1, 0.15) is 14.1 Å². The minimum absolute atomic E-state index is 0.519. The summed E-state index contributed by atoms with van der Waals surface area (Å²) in [6, 6.07) is 6.10. The van der Waals surface area contributed by atoms with Gasteiger partial charge in [0.25, 0.3) is 0 Å². The van der Waals surface area contributed by atoms with Gasteiger partial charge in [0.15, 0.2) is 0 Å². The van der Waals surface area contributed by atoms with Gasteiger partial charge in [-0.05, 0) is 6.07 Å². The van der Waals surface area contributed by atoms with Crippen LogP contribution in [0.3, 0.4) is 0 Å². The molecule has 2 rings (SSSR count). The van der Waals surface area contributed by atoms with Crippen LogP contribution in [-0.2, 0) is 11.3 Å². The van der Waals surface area contributed by atoms with E-state index in [1.807, 2.05) is 23.0 Å². The zero-order valence-electron chi connectivity index (χ0n) is 8.10. The van der Waals surface area contributed by atoms with E-state index >= 15 is 0 Å². The molecular weight excluding hydrogens is 175 g/mol. The van der Waals surface area contributed by atoms with Crippen molar-refractivity contribution in [1.82, 2.24) is 9.78 Å². The molecule has 0 aliphatic rings. The van der Waals surface area contributed by atoms with Crippen LogP contribution in [0.2, 0.25) is 0 Å². The van der Waals surface area contributed by atoms with Crippen LogP contribution in [0.5, 0.6) is 0 Å². The molecule has 0 bridgehead atoms. The van der Waals surface area contributed by atoms with Crippen LogP contribution >= 0.6 is 0 Å². The molecule has 0 aliphatic carbocycles. The topological polar surface area (TPSA) is 34.9 Å². The number of carbonyl (C=O) groups excluding carboxylic acids is 1. The molecular formula is C10H11BN2O. The number of aldehydes is 1. The molecule has 14 heavy (non-hydrogen) atoms. The molecule has 0 aliphatic heterocycles. The lowest BCUT2D eigenvalue weighted by atomic mass is 9.93. The van der Waals surface area contributed by atoms with Crippen molar-refractivity contribution in [2.45, 2.75) is 13.0 Å². The Morgan fingerprint density at radius 1 is 1.50 bits per heavy atom. The molecule has 2 aromatic rings. The minimum Gasteiger partial charge on any atom is -0.303 e. The average molecular weight is 186 g/mol. The van der Waals surface area contributed by atoms with E-state index < -0.39 is 0 Å². The summed E-state index contributed by atoms with van der Waals surface area (Å²) in [5, 5.41) is 5.42. The van der Waals surface area contributed by atoms with Crippen LogP contribution < -0.4 is 5.46 Å². The molecule has 0 radical (unpaired) electrons. The largest absolute Gasteiger partial charge is 0.303 e. The summed E-state index contributed by atoms with van der Waals surface area (Å²) in [6.07, 6.45) is 3.30. The summed E-state index contributed by atoms with van der Waals surface area (Å²) in [4.78, 5) is 10.3. The first-order chi connectivity index (χ1) is 6.83. The fraction of sp³-hybridized carbons (Fsp3) is 0.200. The van der Waals surface area contributed by atoms with Crippen LogP contribution in [0, 0.1) is 0 Å². The van der Waals surface area contributed by atoms with Gasteiger partial charge in [-0.3, -0.25) is 4.68 Å². The van der Waals surface area contributed by atoms with Crippen molar-refractivity contribution < 1.29 is 4.79 Å². The lowest BCUT2D eigenvalue weighted by Gasteiger charge is -2.00. The van der Waals surface area contributed by atoms with E-state index in [1.54, 1.807) is 0 Å². The molecule has 0 spiro atoms. The highest BCUT2D eigenvalue weighted by Gasteiger charge is 2.02. The van der Waals surface area contributed by atoms with E-state index in [0.717, 1.165) is 11.8 Å². The fourth-order valence-electron chi connectivity index (χ4n) is 1.60. The van der Waals surface area contributed by atoms with Crippen molar-refractivity contribution in [2.24, 2.45) is 0 Å². The zero-order valence-corrected chi connectivity index (χ0v) is 8.10. The zero-order chi connectivity index (χ0) is 9.97. The molecule has 1 aromatic carbocycles. The van der Waals surface area contributed by atoms with E-state index in [0.29, 0.717) is 13.0 Å². The Bertz CT molecular complexity index is 464. The van der Waals surface area contributed by atoms with Crippen LogP contribution in [0.25, 0.3) is 10.9 Å². The first kappa shape index (κ1) is 9.00. The van der Waals surface area contributed by atoms with E-state index in [9.17, 15) is 4.79 Å². The SMILES string of the molecule is Bc1cccc2c1cnn2CCC=O. The molecule has 1 heterocycles. The first-order valence-corrected chi connectivity index (χ1v) is 4.67. The van der Waals surface area contributed by atoms with Crippen LogP contribution in [0.4, 0.5) is 0 Å². The molecule has 0 unspecified atom stereocenters. The normalized spacial score (nSPS) is 10.6. The Balaban J connectivity index is 2.47. The Morgan fingerprint density at radius 2 is 2.36 bits per heavy atom. The summed E-state index contributed by atoms with van der Waals surface area (Å²) >= 11 is 0. The van der Waals surface area contributed by atoms with Gasteiger partial charge < -0.3 is 4.79 Å². The summed E-state index contributed by atoms with van der Waals surface area (Å²) in [5.74, 6) is 0. The third-order valence-corrected chi connectivity index (χ3v) is 2.36. The summed E-state index contributed by atoms with van der Waals surface area (Å²) in [6.45, 7) is 0.663. The third-order valence-electron chi connectivity index (χ3n) is 2.36. The van der Waals surface area contributed by atoms with E-state index in [-0.39, 0.29) is 0 Å². The van der Waals surface area contributed by atoms with Crippen molar-refractivity contribution in [2.75, 3.05) is 0 Å². The Labute approximate surface area is 83.1 Å². The van der Waals surface area contributed by atoms with Gasteiger partial charge in [-0.2, -0.15) is 5.10 Å². The summed E-state index contributed by atoms with van der Waals surface area (Å²) < 4.78 is 1.87. The van der Waals surface area contributed by atoms with Gasteiger partial charge in [0, 0.05) is 18.4 Å². The number of hydrogen-bond donors (Lipinski definition) is 0. The number of fused-ring (bicyclic) bond motifs is 1. The molecule has 4 heteroatoms. The molecule has 0 saturated carbocycles. The average Bonchev–Trinajstić information content (AvgIpc) is 2.60. The maximum Gasteiger partial charge on any atom is 0.140 e. The number of carbonyl (C=O) groups is 1. The lowest BCUT2D eigenvalue weighted by Crippen LogP contribution is -2.04. The lowest BCUT2D eigenvalue weighted by molar-refractivity contribution is -0.108. The molecule has 0 fully saturated rings. The number of hydrogen-bond acceptors (Lipinski definition) is 2. The van der Waals surface area contributed by atoms with Crippen LogP contribution in [0.1, 0.15) is 6.42 Å². The number of aryl methyl sites for hydroxylation is 1. The smallest absolute Gasteiger partial charge is 0.140 e. The molecule has 0 amide bonds. The maximum atomic E-state index is 10.3. The predicted octanol–water partition coefficient (Wildman–Crippen LogP) is -0.116. The highest BCUT2D eigenvalue weighted by atomic mass is 16.1. The van der Waals surface area contributed by atoms with Gasteiger partial charge in [0.05, 0.1) is 11.7 Å². The van der Waals surface area contributed by atoms with Crippen LogP contribution in [-0.4, -0.2) is 23.9 Å². The fourth-order valence-corrected chi connectivity index (χ4v) is 1.60. The monoisotopic (exact) mass is 186 g/mol. The third kappa shape index (κ3) is 1.43. The molecule has 70 valence electrons. The second kappa shape index (κ2) is 3.66. The number of benzene rings is 1. The Morgan fingerprint density at radius 3 is 3.14 bits per heavy atom. The summed E-state index contributed by atoms with van der Waals surface area (Å²) in [7, 11) is 2.06. The highest BCUT2D eigenvalue weighted by Crippen LogP contribution is 2.10. The van der Waals surface area contributed by atoms with E-state index in [4.69, 9.17) is 0 Å². The van der Waals surface area contributed by atoms with Crippen molar-refractivity contribution in [3.05, 3.63) is 24.4 Å². The van der Waals surface area contributed by atoms with Gasteiger partial charge in [-0.1, -0.05) is 17.6 Å². The van der Waals surface area contributed by atoms with Gasteiger partial charge in [0.2, 0.25) is 0 Å². The number of aromatic nitrogens is 2. The highest BCUT2D eigenvalue weighted by molar-refractivity contribution is 6.38. The molecule has 0 atom stereocenters. The second-order valence-electron chi connectivity index (χ2n) is 3.33. The Kier molecular flexibility index (Phi) is 2.35. The Hall–Kier alpha value is -1.58. The van der Waals surface area contributed by atoms with Gasteiger partial charge >= 0.3 is 0 Å². The maximum absolute atomic E-state index is 10.3. The van der Waals surface area contributed by atoms with Crippen molar-refractivity contribution in [3.63, 3.8) is 0 Å². The van der Waals surface area contributed by atoms with Crippen LogP contribution in [0.15, 0.2) is 24.4 Å². The van der Waals surface area contributed by atoms with E-state index in [2.05, 4.69) is 19.0 Å². The van der Waals surface area contributed by atoms with Crippen molar-refractivity contribution in [3.8, 4) is 0 Å². The van der Waals surface area contributed by atoms with Gasteiger partial charge in [-0.25, -0.2) is 0 Å². The van der Waals surface area contributed by atoms with E-state index in [1.165, 1.54) is 10.8 Å². The number of nitrogens with zero attached hydrogens (tertiary/aromatic N) is 2. The van der Waals surface area contributed by atoms with Gasteiger partial charge in [-0.15, -0.1) is 0 Å². The quantitative estimate of drug-likeness (QED) is 0.494. The second-order valence-corrected chi connectivity index (χ2v) is 3.33. The molecule has 0 saturated heterocycles. The first-order valence-electron chi connectivity index (χ1n) is 4.67. The minimum atomic E-state index is 0.519. The summed E-state index contributed by atoms with van der Waals surface area (Å²) in [5.41, 5.74) is 2.33. The predicted molar refractivity (Wildman–Crippen MR) is 58.6 cm³/mol. The van der Waals surface area contributed by atoms with Crippen molar-refractivity contribution in [1.29, 1.82) is 0 Å². The van der Waals surface area contributed by atoms with Crippen molar-refractivity contribution >= 4 is 30.5 Å². The molecule has 0 N–H and O–H groups in total. The standard InChI is InChI=1S/C10H11BN2O/c11-9-3-1-4-10-8(9)7-12-13(10)5-2-6-14/h1,3-4,6-7H,2,5,11H2. The molecule has 3 nitrogen and oxygen atoms in total. The molecule has 1 aromatic heterocycles.